The maximum absolute atomic E-state index is 7.29. The summed E-state index contributed by atoms with van der Waals surface area (Å²) < 4.78 is 10.0. The Kier molecular flexibility index (Phi) is 8.60. The van der Waals surface area contributed by atoms with Crippen LogP contribution in [-0.4, -0.2) is 18.1 Å². The quantitative estimate of drug-likeness (QED) is 0.162. The van der Waals surface area contributed by atoms with Gasteiger partial charge in [0.05, 0.1) is 16.0 Å². The van der Waals surface area contributed by atoms with Gasteiger partial charge in [0.2, 0.25) is 0 Å². The highest BCUT2D eigenvalue weighted by Gasteiger charge is 2.46. The summed E-state index contributed by atoms with van der Waals surface area (Å²) in [7, 11) is 0. The van der Waals surface area contributed by atoms with Gasteiger partial charge in [-0.1, -0.05) is 118 Å². The molecule has 1 aliphatic carbocycles. The third kappa shape index (κ3) is 6.06. The minimum Gasteiger partial charge on any atom is -0.487 e. The van der Waals surface area contributed by atoms with Gasteiger partial charge in [-0.3, -0.25) is 0 Å². The molecule has 0 spiro atoms. The molecule has 1 saturated carbocycles. The smallest absolute Gasteiger partial charge is 0.264 e. The molecule has 290 valence electrons. The topological polar surface area (TPSA) is 15.7 Å². The van der Waals surface area contributed by atoms with Crippen LogP contribution in [0.15, 0.2) is 102 Å². The first kappa shape index (κ1) is 37.2. The maximum atomic E-state index is 7.29. The van der Waals surface area contributed by atoms with Crippen LogP contribution < -0.4 is 30.2 Å². The van der Waals surface area contributed by atoms with Gasteiger partial charge in [-0.05, 0) is 118 Å². The number of hydrogen-bond donors (Lipinski definition) is 0. The summed E-state index contributed by atoms with van der Waals surface area (Å²) in [6.07, 6.45) is 6.50. The standard InChI is InChI=1S/C51H55BN2OS2/c1-49(2,3)31-18-23-34(24-19-31)53-37-27-22-33(51(7,8)9)30-36(37)52-45-38(53)14-13-15-39(45)54(35-25-20-32(21-26-35)50(4,5)6)46-44-42(57-48(46)52)28-29-43-47(44)55-40-16-11-10-12-17-41(40)56-43/h13-15,18-30,40-41H,10-12,16-17H2,1-9H3. The molecule has 0 amide bonds. The van der Waals surface area contributed by atoms with E-state index in [1.807, 2.05) is 11.3 Å². The van der Waals surface area contributed by atoms with Crippen molar-refractivity contribution in [2.45, 2.75) is 127 Å². The maximum Gasteiger partial charge on any atom is 0.264 e. The van der Waals surface area contributed by atoms with E-state index in [9.17, 15) is 0 Å². The number of ether oxygens (including phenoxy) is 1. The zero-order chi connectivity index (χ0) is 39.6. The lowest BCUT2D eigenvalue weighted by molar-refractivity contribution is 0.181. The van der Waals surface area contributed by atoms with Crippen LogP contribution in [0.4, 0.5) is 34.1 Å². The summed E-state index contributed by atoms with van der Waals surface area (Å²) in [5.41, 5.74) is 14.4. The van der Waals surface area contributed by atoms with Gasteiger partial charge in [-0.2, -0.15) is 0 Å². The van der Waals surface area contributed by atoms with Crippen molar-refractivity contribution >= 4 is 89.7 Å². The van der Waals surface area contributed by atoms with Gasteiger partial charge in [0, 0.05) is 43.2 Å². The third-order valence-corrected chi connectivity index (χ3v) is 15.6. The minimum atomic E-state index is 0.00585. The SMILES string of the molecule is CC(C)(C)c1ccc(N2c3ccc(C(C)(C)C)cc3B3c4sc5ccc6c(c5c4N(c4ccc(C(C)(C)C)cc4)c4cccc2c43)OC2CCCCCC2S6)cc1. The fraction of sp³-hybridized carbons (Fsp3) is 0.373. The molecule has 0 saturated heterocycles. The van der Waals surface area contributed by atoms with Gasteiger partial charge in [0.15, 0.2) is 0 Å². The monoisotopic (exact) mass is 786 g/mol. The van der Waals surface area contributed by atoms with Crippen molar-refractivity contribution < 1.29 is 4.74 Å². The van der Waals surface area contributed by atoms with Crippen molar-refractivity contribution in [2.75, 3.05) is 9.80 Å². The molecule has 2 unspecified atom stereocenters. The Morgan fingerprint density at radius 1 is 0.614 bits per heavy atom. The summed E-state index contributed by atoms with van der Waals surface area (Å²) in [4.78, 5) is 6.44. The average molecular weight is 787 g/mol. The van der Waals surface area contributed by atoms with Crippen LogP contribution in [0.3, 0.4) is 0 Å². The Balaban J connectivity index is 1.26. The first-order valence-electron chi connectivity index (χ1n) is 21.2. The van der Waals surface area contributed by atoms with Crippen LogP contribution in [0.1, 0.15) is 111 Å². The van der Waals surface area contributed by atoms with E-state index in [1.165, 1.54) is 107 Å². The Bertz CT molecular complexity index is 2530. The van der Waals surface area contributed by atoms with E-state index in [2.05, 4.69) is 181 Å². The second kappa shape index (κ2) is 13.2. The Morgan fingerprint density at radius 2 is 1.21 bits per heavy atom. The predicted octanol–water partition coefficient (Wildman–Crippen LogP) is 13.1. The summed E-state index contributed by atoms with van der Waals surface area (Å²) in [5.74, 6) is 1.11. The van der Waals surface area contributed by atoms with Crippen LogP contribution in [0.2, 0.25) is 0 Å². The number of rotatable bonds is 2. The molecule has 1 fully saturated rings. The molecule has 6 heteroatoms. The number of thiophene rings is 1. The van der Waals surface area contributed by atoms with E-state index in [4.69, 9.17) is 4.74 Å². The Hall–Kier alpha value is -4.13. The molecule has 4 heterocycles. The largest absolute Gasteiger partial charge is 0.487 e. The normalized spacial score (nSPS) is 18.9. The summed E-state index contributed by atoms with van der Waals surface area (Å²) >= 11 is 4.06. The Labute approximate surface area is 348 Å². The molecule has 57 heavy (non-hydrogen) atoms. The number of nitrogens with zero attached hydrogens (tertiary/aromatic N) is 2. The molecule has 2 atom stereocenters. The summed E-state index contributed by atoms with van der Waals surface area (Å²) in [6, 6.07) is 37.8. The van der Waals surface area contributed by atoms with Crippen LogP contribution in [0, 0.1) is 0 Å². The van der Waals surface area contributed by atoms with E-state index in [-0.39, 0.29) is 29.1 Å². The second-order valence-corrected chi connectivity index (χ2v) is 22.3. The molecule has 0 bridgehead atoms. The number of fused-ring (bicyclic) bond motifs is 9. The van der Waals surface area contributed by atoms with Crippen molar-refractivity contribution in [3.8, 4) is 5.75 Å². The highest BCUT2D eigenvalue weighted by atomic mass is 32.2. The fourth-order valence-electron chi connectivity index (χ4n) is 9.72. The summed E-state index contributed by atoms with van der Waals surface area (Å²) in [6.45, 7) is 20.9. The second-order valence-electron chi connectivity index (χ2n) is 20.0. The van der Waals surface area contributed by atoms with E-state index in [1.54, 1.807) is 0 Å². The van der Waals surface area contributed by atoms with Crippen molar-refractivity contribution in [3.05, 3.63) is 114 Å². The van der Waals surface area contributed by atoms with Crippen LogP contribution in [0.5, 0.6) is 5.75 Å². The van der Waals surface area contributed by atoms with Gasteiger partial charge >= 0.3 is 0 Å². The van der Waals surface area contributed by atoms with Crippen molar-refractivity contribution in [2.24, 2.45) is 0 Å². The highest BCUT2D eigenvalue weighted by Crippen LogP contribution is 2.54. The van der Waals surface area contributed by atoms with E-state index >= 15 is 0 Å². The average Bonchev–Trinajstić information content (AvgIpc) is 3.41. The molecule has 4 aliphatic rings. The molecule has 5 aromatic carbocycles. The number of benzene rings is 5. The molecule has 6 aromatic rings. The molecule has 3 nitrogen and oxygen atoms in total. The molecular weight excluding hydrogens is 732 g/mol. The zero-order valence-corrected chi connectivity index (χ0v) is 36.8. The molecule has 1 aromatic heterocycles. The third-order valence-electron chi connectivity index (χ3n) is 13.0. The predicted molar refractivity (Wildman–Crippen MR) is 249 cm³/mol. The highest BCUT2D eigenvalue weighted by molar-refractivity contribution is 8.00. The van der Waals surface area contributed by atoms with E-state index < -0.39 is 0 Å². The first-order chi connectivity index (χ1) is 27.2. The van der Waals surface area contributed by atoms with Crippen LogP contribution in [-0.2, 0) is 16.2 Å². The fourth-order valence-corrected chi connectivity index (χ4v) is 12.4. The van der Waals surface area contributed by atoms with Crippen LogP contribution in [0.25, 0.3) is 10.1 Å². The van der Waals surface area contributed by atoms with Gasteiger partial charge in [-0.25, -0.2) is 0 Å². The number of thioether (sulfide) groups is 1. The zero-order valence-electron chi connectivity index (χ0n) is 35.1. The molecule has 0 N–H and O–H groups in total. The minimum absolute atomic E-state index is 0.00585. The van der Waals surface area contributed by atoms with Gasteiger partial charge in [-0.15, -0.1) is 23.1 Å². The summed E-state index contributed by atoms with van der Waals surface area (Å²) in [5, 5.41) is 1.81. The van der Waals surface area contributed by atoms with Crippen LogP contribution >= 0.6 is 23.1 Å². The van der Waals surface area contributed by atoms with E-state index in [0.29, 0.717) is 5.25 Å². The Morgan fingerprint density at radius 3 is 1.86 bits per heavy atom. The molecule has 0 radical (unpaired) electrons. The lowest BCUT2D eigenvalue weighted by Gasteiger charge is -2.43. The number of hydrogen-bond acceptors (Lipinski definition) is 5. The molecule has 10 rings (SSSR count). The van der Waals surface area contributed by atoms with Crippen molar-refractivity contribution in [3.63, 3.8) is 0 Å². The molecular formula is C51H55BN2OS2. The van der Waals surface area contributed by atoms with Gasteiger partial charge < -0.3 is 14.5 Å². The van der Waals surface area contributed by atoms with E-state index in [0.717, 1.165) is 12.2 Å². The number of anilines is 6. The lowest BCUT2D eigenvalue weighted by atomic mass is 9.36. The molecule has 3 aliphatic heterocycles. The first-order valence-corrected chi connectivity index (χ1v) is 22.9. The van der Waals surface area contributed by atoms with Gasteiger partial charge in [0.1, 0.15) is 11.9 Å². The van der Waals surface area contributed by atoms with Crippen molar-refractivity contribution in [1.29, 1.82) is 0 Å². The lowest BCUT2D eigenvalue weighted by Crippen LogP contribution is -2.60. The van der Waals surface area contributed by atoms with Gasteiger partial charge in [0.25, 0.3) is 6.71 Å². The van der Waals surface area contributed by atoms with Crippen molar-refractivity contribution in [1.82, 2.24) is 0 Å².